The molecule has 4 rings (SSSR count). The molecular weight excluding hydrogens is 428 g/mol. The number of benzene rings is 2. The molecule has 2 aromatic heterocycles. The number of aromatic nitrogens is 2. The van der Waals surface area contributed by atoms with Crippen LogP contribution in [0.1, 0.15) is 22.3 Å². The lowest BCUT2D eigenvalue weighted by Crippen LogP contribution is -2.20. The van der Waals surface area contributed by atoms with Gasteiger partial charge in [-0.3, -0.25) is 14.0 Å². The molecule has 0 unspecified atom stereocenters. The number of amides is 1. The van der Waals surface area contributed by atoms with Crippen LogP contribution in [0.4, 0.5) is 5.69 Å². The number of nitrogens with one attached hydrogen (secondary N) is 1. The minimum absolute atomic E-state index is 0.000508. The Balaban J connectivity index is 1.83. The number of fused-ring (bicyclic) bond motifs is 1. The number of pyridine rings is 1. The van der Waals surface area contributed by atoms with Crippen LogP contribution >= 0.6 is 0 Å². The Morgan fingerprint density at radius 2 is 1.88 bits per heavy atom. The first-order chi connectivity index (χ1) is 16.4. The highest BCUT2D eigenvalue weighted by molar-refractivity contribution is 6.09. The van der Waals surface area contributed by atoms with Crippen LogP contribution in [-0.4, -0.2) is 15.3 Å². The van der Waals surface area contributed by atoms with E-state index < -0.39 is 11.5 Å². The monoisotopic (exact) mass is 450 g/mol. The molecule has 34 heavy (non-hydrogen) atoms. The molecule has 2 aromatic carbocycles. The zero-order chi connectivity index (χ0) is 24.2. The quantitative estimate of drug-likeness (QED) is 0.342. The van der Waals surface area contributed by atoms with Crippen molar-refractivity contribution in [3.8, 4) is 17.7 Å². The second kappa shape index (κ2) is 9.43. The Bertz CT molecular complexity index is 1540. The summed E-state index contributed by atoms with van der Waals surface area (Å²) >= 11 is 0. The van der Waals surface area contributed by atoms with E-state index in [1.807, 2.05) is 45.0 Å². The van der Waals surface area contributed by atoms with Crippen molar-refractivity contribution < 1.29 is 9.53 Å². The number of aryl methyl sites for hydroxylation is 2. The zero-order valence-corrected chi connectivity index (χ0v) is 19.0. The van der Waals surface area contributed by atoms with E-state index >= 15 is 0 Å². The standard InChI is InChI=1S/C27H22N4O3/c1-17-8-6-10-21(14-17)29-25(32)20(16-28)15-22-26(34-23-11-7-9-18(2)19(23)3)30-24-12-4-5-13-31(24)27(22)33/h4-15H,1-3H3,(H,29,32)/b20-15-. The van der Waals surface area contributed by atoms with Crippen LogP contribution in [0, 0.1) is 32.1 Å². The lowest BCUT2D eigenvalue weighted by atomic mass is 10.1. The zero-order valence-electron chi connectivity index (χ0n) is 19.0. The molecule has 0 aliphatic rings. The van der Waals surface area contributed by atoms with Crippen molar-refractivity contribution in [3.63, 3.8) is 0 Å². The minimum atomic E-state index is -0.636. The number of ether oxygens (including phenoxy) is 1. The molecule has 7 nitrogen and oxygen atoms in total. The number of nitriles is 1. The Labute approximate surface area is 196 Å². The molecule has 4 aromatic rings. The van der Waals surface area contributed by atoms with Gasteiger partial charge in [-0.1, -0.05) is 30.3 Å². The molecule has 0 fully saturated rings. The lowest BCUT2D eigenvalue weighted by Gasteiger charge is -2.13. The number of carbonyl (C=O) groups excluding carboxylic acids is 1. The molecule has 2 heterocycles. The van der Waals surface area contributed by atoms with Gasteiger partial charge in [0, 0.05) is 11.9 Å². The van der Waals surface area contributed by atoms with E-state index in [0.29, 0.717) is 17.1 Å². The molecule has 0 aliphatic heterocycles. The van der Waals surface area contributed by atoms with Crippen molar-refractivity contribution in [3.05, 3.63) is 105 Å². The second-order valence-corrected chi connectivity index (χ2v) is 7.86. The van der Waals surface area contributed by atoms with Gasteiger partial charge in [0.2, 0.25) is 5.88 Å². The molecule has 168 valence electrons. The summed E-state index contributed by atoms with van der Waals surface area (Å²) in [4.78, 5) is 30.7. The number of hydrogen-bond acceptors (Lipinski definition) is 5. The van der Waals surface area contributed by atoms with Crippen LogP contribution in [0.2, 0.25) is 0 Å². The average molecular weight is 450 g/mol. The smallest absolute Gasteiger partial charge is 0.269 e. The van der Waals surface area contributed by atoms with E-state index in [1.54, 1.807) is 48.7 Å². The summed E-state index contributed by atoms with van der Waals surface area (Å²) < 4.78 is 7.40. The average Bonchev–Trinajstić information content (AvgIpc) is 2.82. The molecule has 7 heteroatoms. The maximum absolute atomic E-state index is 13.3. The summed E-state index contributed by atoms with van der Waals surface area (Å²) in [6, 6.07) is 19.8. The fourth-order valence-electron chi connectivity index (χ4n) is 3.44. The van der Waals surface area contributed by atoms with Gasteiger partial charge in [0.15, 0.2) is 0 Å². The maximum Gasteiger partial charge on any atom is 0.269 e. The summed E-state index contributed by atoms with van der Waals surface area (Å²) in [6.45, 7) is 5.76. The van der Waals surface area contributed by atoms with E-state index in [4.69, 9.17) is 4.74 Å². The van der Waals surface area contributed by atoms with Gasteiger partial charge in [0.1, 0.15) is 28.6 Å². The second-order valence-electron chi connectivity index (χ2n) is 7.86. The molecule has 0 saturated carbocycles. The first-order valence-corrected chi connectivity index (χ1v) is 10.6. The van der Waals surface area contributed by atoms with Gasteiger partial charge in [0.05, 0.1) is 0 Å². The van der Waals surface area contributed by atoms with Gasteiger partial charge in [0.25, 0.3) is 11.5 Å². The highest BCUT2D eigenvalue weighted by Crippen LogP contribution is 2.28. The summed E-state index contributed by atoms with van der Waals surface area (Å²) in [5.41, 5.74) is 3.10. The SMILES string of the molecule is Cc1cccc(NC(=O)/C(C#N)=C\c2c(Oc3cccc(C)c3C)nc3ccccn3c2=O)c1. The van der Waals surface area contributed by atoms with Crippen LogP contribution < -0.4 is 15.6 Å². The number of anilines is 1. The summed E-state index contributed by atoms with van der Waals surface area (Å²) in [7, 11) is 0. The third-order valence-corrected chi connectivity index (χ3v) is 5.43. The first-order valence-electron chi connectivity index (χ1n) is 10.6. The van der Waals surface area contributed by atoms with Gasteiger partial charge < -0.3 is 10.1 Å². The highest BCUT2D eigenvalue weighted by Gasteiger charge is 2.18. The van der Waals surface area contributed by atoms with Crippen LogP contribution in [0.15, 0.2) is 77.2 Å². The van der Waals surface area contributed by atoms with Gasteiger partial charge in [-0.15, -0.1) is 0 Å². The number of rotatable bonds is 5. The molecule has 0 saturated heterocycles. The van der Waals surface area contributed by atoms with Crippen molar-refractivity contribution in [2.75, 3.05) is 5.32 Å². The maximum atomic E-state index is 13.3. The molecule has 1 N–H and O–H groups in total. The van der Waals surface area contributed by atoms with E-state index in [0.717, 1.165) is 16.7 Å². The number of hydrogen-bond donors (Lipinski definition) is 1. The molecule has 0 atom stereocenters. The van der Waals surface area contributed by atoms with Crippen molar-refractivity contribution in [2.45, 2.75) is 20.8 Å². The summed E-state index contributed by atoms with van der Waals surface area (Å²) in [5.74, 6) is -0.0890. The lowest BCUT2D eigenvalue weighted by molar-refractivity contribution is -0.112. The van der Waals surface area contributed by atoms with E-state index in [-0.39, 0.29) is 17.0 Å². The predicted octanol–water partition coefficient (Wildman–Crippen LogP) is 4.96. The van der Waals surface area contributed by atoms with Crippen LogP contribution in [0.5, 0.6) is 11.6 Å². The molecule has 1 amide bonds. The molecule has 0 bridgehead atoms. The van der Waals surface area contributed by atoms with Gasteiger partial charge in [-0.2, -0.15) is 10.2 Å². The van der Waals surface area contributed by atoms with Gasteiger partial charge in [-0.05, 0) is 73.9 Å². The molecule has 0 spiro atoms. The van der Waals surface area contributed by atoms with Crippen molar-refractivity contribution in [1.29, 1.82) is 5.26 Å². The summed E-state index contributed by atoms with van der Waals surface area (Å²) in [5, 5.41) is 12.4. The minimum Gasteiger partial charge on any atom is -0.438 e. The van der Waals surface area contributed by atoms with Gasteiger partial charge in [-0.25, -0.2) is 0 Å². The van der Waals surface area contributed by atoms with Crippen molar-refractivity contribution in [1.82, 2.24) is 9.38 Å². The Morgan fingerprint density at radius 1 is 1.09 bits per heavy atom. The van der Waals surface area contributed by atoms with Crippen molar-refractivity contribution in [2.24, 2.45) is 0 Å². The largest absolute Gasteiger partial charge is 0.438 e. The van der Waals surface area contributed by atoms with Gasteiger partial charge >= 0.3 is 0 Å². The molecule has 0 radical (unpaired) electrons. The fourth-order valence-corrected chi connectivity index (χ4v) is 3.44. The Hall–Kier alpha value is -4.70. The number of nitrogens with zero attached hydrogens (tertiary/aromatic N) is 3. The normalized spacial score (nSPS) is 11.2. The first kappa shape index (κ1) is 22.5. The third-order valence-electron chi connectivity index (χ3n) is 5.43. The molecular formula is C27H22N4O3. The Kier molecular flexibility index (Phi) is 6.24. The third kappa shape index (κ3) is 4.57. The predicted molar refractivity (Wildman–Crippen MR) is 131 cm³/mol. The fraction of sp³-hybridized carbons (Fsp3) is 0.111. The van der Waals surface area contributed by atoms with Crippen LogP contribution in [0.3, 0.4) is 0 Å². The number of carbonyl (C=O) groups is 1. The van der Waals surface area contributed by atoms with E-state index in [2.05, 4.69) is 10.3 Å². The summed E-state index contributed by atoms with van der Waals surface area (Å²) in [6.07, 6.45) is 2.79. The van der Waals surface area contributed by atoms with E-state index in [9.17, 15) is 14.9 Å². The van der Waals surface area contributed by atoms with E-state index in [1.165, 1.54) is 10.5 Å². The topological polar surface area (TPSA) is 96.5 Å². The Morgan fingerprint density at radius 3 is 2.65 bits per heavy atom. The highest BCUT2D eigenvalue weighted by atomic mass is 16.5. The van der Waals surface area contributed by atoms with Crippen LogP contribution in [-0.2, 0) is 4.79 Å². The van der Waals surface area contributed by atoms with Crippen LogP contribution in [0.25, 0.3) is 11.7 Å². The molecule has 0 aliphatic carbocycles. The van der Waals surface area contributed by atoms with Crippen molar-refractivity contribution >= 4 is 23.3 Å².